The smallest absolute Gasteiger partial charge is 0.116 e. The van der Waals surface area contributed by atoms with E-state index >= 15 is 0 Å². The predicted octanol–water partition coefficient (Wildman–Crippen LogP) is 1.81. The molecule has 0 unspecified atom stereocenters. The number of likely N-dealkylation sites (N-methyl/N-ethyl adjacent to an activating group) is 1. The molecular formula is C12H21N3OS2. The minimum Gasteiger partial charge on any atom is -0.389 e. The molecule has 1 aromatic rings. The van der Waals surface area contributed by atoms with Crippen LogP contribution in [-0.2, 0) is 17.8 Å². The molecule has 4 nitrogen and oxygen atoms in total. The predicted molar refractivity (Wildman–Crippen MR) is 80.2 cm³/mol. The molecule has 6 heteroatoms. The summed E-state index contributed by atoms with van der Waals surface area (Å²) in [4.78, 5) is 8.23. The second kappa shape index (κ2) is 7.78. The average molecular weight is 287 g/mol. The van der Waals surface area contributed by atoms with Crippen LogP contribution in [0.4, 0.5) is 0 Å². The first-order chi connectivity index (χ1) is 8.62. The monoisotopic (exact) mass is 287 g/mol. The lowest BCUT2D eigenvalue weighted by Crippen LogP contribution is -2.25. The third-order valence-corrected chi connectivity index (χ3v) is 4.31. The van der Waals surface area contributed by atoms with Gasteiger partial charge in [0.15, 0.2) is 0 Å². The molecule has 2 N–H and O–H groups in total. The third-order valence-electron chi connectivity index (χ3n) is 2.78. The Morgan fingerprint density at radius 1 is 1.44 bits per heavy atom. The largest absolute Gasteiger partial charge is 0.389 e. The van der Waals surface area contributed by atoms with Crippen molar-refractivity contribution >= 4 is 28.5 Å². The molecule has 102 valence electrons. The molecule has 0 bridgehead atoms. The second-order valence-electron chi connectivity index (χ2n) is 3.96. The summed E-state index contributed by atoms with van der Waals surface area (Å²) in [6, 6.07) is 0. The normalized spacial score (nSPS) is 11.1. The van der Waals surface area contributed by atoms with E-state index in [0.717, 1.165) is 41.6 Å². The van der Waals surface area contributed by atoms with Gasteiger partial charge >= 0.3 is 0 Å². The van der Waals surface area contributed by atoms with E-state index in [-0.39, 0.29) is 0 Å². The summed E-state index contributed by atoms with van der Waals surface area (Å²) in [6.45, 7) is 7.95. The molecule has 0 fully saturated rings. The Labute approximate surface area is 118 Å². The van der Waals surface area contributed by atoms with E-state index in [0.29, 0.717) is 11.6 Å². The van der Waals surface area contributed by atoms with Crippen LogP contribution in [0.15, 0.2) is 0 Å². The quantitative estimate of drug-likeness (QED) is 0.739. The van der Waals surface area contributed by atoms with Gasteiger partial charge in [0.2, 0.25) is 0 Å². The SMILES string of the molecule is CCN(CC)CCc1nc(COC)c(C(N)=S)s1. The summed E-state index contributed by atoms with van der Waals surface area (Å²) in [6.07, 6.45) is 0.936. The maximum Gasteiger partial charge on any atom is 0.116 e. The molecule has 1 rings (SSSR count). The number of aromatic nitrogens is 1. The van der Waals surface area contributed by atoms with Gasteiger partial charge in [-0.1, -0.05) is 26.1 Å². The molecule has 0 amide bonds. The molecular weight excluding hydrogens is 266 g/mol. The zero-order valence-corrected chi connectivity index (χ0v) is 12.9. The summed E-state index contributed by atoms with van der Waals surface area (Å²) in [5, 5.41) is 1.08. The molecule has 0 saturated heterocycles. The average Bonchev–Trinajstić information content (AvgIpc) is 2.74. The van der Waals surface area contributed by atoms with Crippen LogP contribution in [-0.4, -0.2) is 41.6 Å². The molecule has 0 aliphatic carbocycles. The molecule has 0 radical (unpaired) electrons. The van der Waals surface area contributed by atoms with Gasteiger partial charge < -0.3 is 15.4 Å². The van der Waals surface area contributed by atoms with Crippen LogP contribution in [0.3, 0.4) is 0 Å². The molecule has 0 saturated carbocycles. The Morgan fingerprint density at radius 3 is 2.61 bits per heavy atom. The Kier molecular flexibility index (Phi) is 6.70. The van der Waals surface area contributed by atoms with Crippen LogP contribution in [0.25, 0.3) is 0 Å². The van der Waals surface area contributed by atoms with Gasteiger partial charge in [-0.25, -0.2) is 4.98 Å². The van der Waals surface area contributed by atoms with Gasteiger partial charge in [0.25, 0.3) is 0 Å². The zero-order chi connectivity index (χ0) is 13.5. The Bertz CT molecular complexity index is 389. The van der Waals surface area contributed by atoms with E-state index < -0.39 is 0 Å². The van der Waals surface area contributed by atoms with E-state index in [1.165, 1.54) is 0 Å². The maximum atomic E-state index is 5.70. The summed E-state index contributed by atoms with van der Waals surface area (Å²) >= 11 is 6.63. The highest BCUT2D eigenvalue weighted by Crippen LogP contribution is 2.20. The number of thiazole rings is 1. The molecule has 18 heavy (non-hydrogen) atoms. The van der Waals surface area contributed by atoms with Crippen LogP contribution in [0.1, 0.15) is 29.4 Å². The molecule has 0 spiro atoms. The van der Waals surface area contributed by atoms with Gasteiger partial charge in [-0.2, -0.15) is 0 Å². The maximum absolute atomic E-state index is 5.70. The highest BCUT2D eigenvalue weighted by molar-refractivity contribution is 7.81. The lowest BCUT2D eigenvalue weighted by Gasteiger charge is -2.16. The fourth-order valence-corrected chi connectivity index (χ4v) is 2.88. The highest BCUT2D eigenvalue weighted by Gasteiger charge is 2.13. The van der Waals surface area contributed by atoms with Gasteiger partial charge in [-0.05, 0) is 13.1 Å². The topological polar surface area (TPSA) is 51.4 Å². The van der Waals surface area contributed by atoms with Crippen molar-refractivity contribution in [1.82, 2.24) is 9.88 Å². The van der Waals surface area contributed by atoms with Crippen molar-refractivity contribution in [2.75, 3.05) is 26.7 Å². The van der Waals surface area contributed by atoms with Crippen molar-refractivity contribution in [3.8, 4) is 0 Å². The lowest BCUT2D eigenvalue weighted by molar-refractivity contribution is 0.181. The Balaban J connectivity index is 2.72. The van der Waals surface area contributed by atoms with Crippen LogP contribution >= 0.6 is 23.6 Å². The molecule has 0 aliphatic rings. The van der Waals surface area contributed by atoms with Crippen LogP contribution in [0.5, 0.6) is 0 Å². The molecule has 1 aromatic heterocycles. The molecule has 1 heterocycles. The number of methoxy groups -OCH3 is 1. The summed E-state index contributed by atoms with van der Waals surface area (Å²) in [7, 11) is 1.65. The van der Waals surface area contributed by atoms with Crippen molar-refractivity contribution in [3.05, 3.63) is 15.6 Å². The van der Waals surface area contributed by atoms with E-state index in [2.05, 4.69) is 23.7 Å². The van der Waals surface area contributed by atoms with Gasteiger partial charge in [0, 0.05) is 20.1 Å². The zero-order valence-electron chi connectivity index (χ0n) is 11.2. The number of hydrogen-bond acceptors (Lipinski definition) is 5. The van der Waals surface area contributed by atoms with Crippen molar-refractivity contribution in [1.29, 1.82) is 0 Å². The highest BCUT2D eigenvalue weighted by atomic mass is 32.1. The first kappa shape index (κ1) is 15.5. The minimum atomic E-state index is 0.411. The summed E-state index contributed by atoms with van der Waals surface area (Å²) in [5.74, 6) is 0. The van der Waals surface area contributed by atoms with Gasteiger partial charge in [-0.3, -0.25) is 0 Å². The van der Waals surface area contributed by atoms with Crippen LogP contribution in [0.2, 0.25) is 0 Å². The number of hydrogen-bond donors (Lipinski definition) is 1. The van der Waals surface area contributed by atoms with E-state index in [9.17, 15) is 0 Å². The van der Waals surface area contributed by atoms with Crippen LogP contribution in [0, 0.1) is 0 Å². The van der Waals surface area contributed by atoms with Gasteiger partial charge in [0.05, 0.1) is 22.2 Å². The van der Waals surface area contributed by atoms with Gasteiger partial charge in [-0.15, -0.1) is 11.3 Å². The summed E-state index contributed by atoms with van der Waals surface area (Å²) < 4.78 is 5.12. The van der Waals surface area contributed by atoms with Crippen molar-refractivity contribution < 1.29 is 4.74 Å². The second-order valence-corrected chi connectivity index (χ2v) is 5.48. The minimum absolute atomic E-state index is 0.411. The first-order valence-corrected chi connectivity index (χ1v) is 7.34. The third kappa shape index (κ3) is 4.28. The fourth-order valence-electron chi connectivity index (χ4n) is 1.73. The number of ether oxygens (including phenoxy) is 1. The molecule has 0 aliphatic heterocycles. The first-order valence-electron chi connectivity index (χ1n) is 6.12. The van der Waals surface area contributed by atoms with Gasteiger partial charge in [0.1, 0.15) is 4.99 Å². The van der Waals surface area contributed by atoms with Crippen molar-refractivity contribution in [2.45, 2.75) is 26.9 Å². The molecule has 0 atom stereocenters. The van der Waals surface area contributed by atoms with E-state index in [1.54, 1.807) is 18.4 Å². The van der Waals surface area contributed by atoms with Crippen LogP contribution < -0.4 is 5.73 Å². The van der Waals surface area contributed by atoms with Crippen molar-refractivity contribution in [3.63, 3.8) is 0 Å². The Hall–Kier alpha value is -0.560. The lowest BCUT2D eigenvalue weighted by atomic mass is 10.3. The van der Waals surface area contributed by atoms with Crippen molar-refractivity contribution in [2.24, 2.45) is 5.73 Å². The van der Waals surface area contributed by atoms with E-state index in [4.69, 9.17) is 22.7 Å². The number of nitrogens with zero attached hydrogens (tertiary/aromatic N) is 2. The number of thiocarbonyl (C=S) groups is 1. The standard InChI is InChI=1S/C12H21N3OS2/c1-4-15(5-2)7-6-10-14-9(8-16-3)11(18-10)12(13)17/h4-8H2,1-3H3,(H2,13,17). The van der Waals surface area contributed by atoms with E-state index in [1.807, 2.05) is 0 Å². The molecule has 0 aromatic carbocycles. The summed E-state index contributed by atoms with van der Waals surface area (Å²) in [5.41, 5.74) is 6.57. The Morgan fingerprint density at radius 2 is 2.11 bits per heavy atom. The fraction of sp³-hybridized carbons (Fsp3) is 0.667. The number of rotatable bonds is 8. The number of nitrogens with two attached hydrogens (primary N) is 1.